The van der Waals surface area contributed by atoms with Crippen LogP contribution in [-0.4, -0.2) is 26.1 Å². The summed E-state index contributed by atoms with van der Waals surface area (Å²) in [5.41, 5.74) is 3.69. The number of nitrogens with one attached hydrogen (secondary N) is 1. The summed E-state index contributed by atoms with van der Waals surface area (Å²) in [5.74, 6) is 0.208. The molecule has 1 aromatic carbocycles. The first kappa shape index (κ1) is 16.4. The maximum atomic E-state index is 12.3. The minimum Gasteiger partial charge on any atom is -0.315 e. The molecule has 2 aromatic heterocycles. The standard InChI is InChI=1S/C18H16N6OS/c1-11-5-7-12(8-6-11)17-21-23-24(22-17)10-16(25)20-18-14(9-19)13-3-2-4-15(13)26-18/h5-8H,2-4,10H2,1H3,(H,20,25). The van der Waals surface area contributed by atoms with Crippen molar-refractivity contribution in [1.29, 1.82) is 5.26 Å². The number of aromatic nitrogens is 4. The molecule has 0 bridgehead atoms. The fourth-order valence-electron chi connectivity index (χ4n) is 3.03. The highest BCUT2D eigenvalue weighted by Gasteiger charge is 2.23. The smallest absolute Gasteiger partial charge is 0.248 e. The van der Waals surface area contributed by atoms with Crippen molar-refractivity contribution in [3.63, 3.8) is 0 Å². The summed E-state index contributed by atoms with van der Waals surface area (Å²) >= 11 is 1.50. The average Bonchev–Trinajstić information content (AvgIpc) is 3.31. The molecule has 1 N–H and O–H groups in total. The van der Waals surface area contributed by atoms with E-state index < -0.39 is 0 Å². The number of carbonyl (C=O) groups excluding carboxylic acids is 1. The van der Waals surface area contributed by atoms with Crippen molar-refractivity contribution in [3.8, 4) is 17.5 Å². The van der Waals surface area contributed by atoms with Crippen LogP contribution < -0.4 is 5.32 Å². The molecule has 3 aromatic rings. The van der Waals surface area contributed by atoms with E-state index in [1.54, 1.807) is 0 Å². The van der Waals surface area contributed by atoms with Crippen LogP contribution in [0.25, 0.3) is 11.4 Å². The monoisotopic (exact) mass is 364 g/mol. The second kappa shape index (κ2) is 6.69. The highest BCUT2D eigenvalue weighted by atomic mass is 32.1. The first-order valence-electron chi connectivity index (χ1n) is 8.33. The first-order valence-corrected chi connectivity index (χ1v) is 9.15. The second-order valence-electron chi connectivity index (χ2n) is 6.23. The average molecular weight is 364 g/mol. The van der Waals surface area contributed by atoms with Gasteiger partial charge < -0.3 is 5.32 Å². The van der Waals surface area contributed by atoms with E-state index >= 15 is 0 Å². The fraction of sp³-hybridized carbons (Fsp3) is 0.278. The summed E-state index contributed by atoms with van der Waals surface area (Å²) in [6, 6.07) is 10.0. The molecule has 1 aliphatic carbocycles. The van der Waals surface area contributed by atoms with Gasteiger partial charge in [-0.05, 0) is 37.0 Å². The van der Waals surface area contributed by atoms with Gasteiger partial charge in [-0.25, -0.2) is 0 Å². The third kappa shape index (κ3) is 3.09. The number of benzene rings is 1. The maximum absolute atomic E-state index is 12.3. The van der Waals surface area contributed by atoms with Crippen molar-refractivity contribution >= 4 is 22.2 Å². The third-order valence-corrected chi connectivity index (χ3v) is 5.54. The van der Waals surface area contributed by atoms with Gasteiger partial charge in [0.25, 0.3) is 0 Å². The van der Waals surface area contributed by atoms with E-state index in [2.05, 4.69) is 26.8 Å². The number of amides is 1. The van der Waals surface area contributed by atoms with E-state index in [0.717, 1.165) is 36.0 Å². The van der Waals surface area contributed by atoms with Crippen molar-refractivity contribution < 1.29 is 4.79 Å². The van der Waals surface area contributed by atoms with Gasteiger partial charge in [0.2, 0.25) is 11.7 Å². The molecule has 0 saturated carbocycles. The number of hydrogen-bond acceptors (Lipinski definition) is 6. The molecule has 1 amide bonds. The van der Waals surface area contributed by atoms with Crippen LogP contribution in [0.3, 0.4) is 0 Å². The molecular formula is C18H16N6OS. The third-order valence-electron chi connectivity index (χ3n) is 4.33. The number of nitrogens with zero attached hydrogens (tertiary/aromatic N) is 5. The summed E-state index contributed by atoms with van der Waals surface area (Å²) in [7, 11) is 0. The summed E-state index contributed by atoms with van der Waals surface area (Å²) in [6.45, 7) is 1.96. The summed E-state index contributed by atoms with van der Waals surface area (Å²) in [6.07, 6.45) is 2.97. The molecule has 0 fully saturated rings. The van der Waals surface area contributed by atoms with E-state index in [9.17, 15) is 10.1 Å². The van der Waals surface area contributed by atoms with Gasteiger partial charge in [0.15, 0.2) is 0 Å². The SMILES string of the molecule is Cc1ccc(-c2nnn(CC(=O)Nc3sc4c(c3C#N)CCC4)n2)cc1. The Kier molecular flexibility index (Phi) is 4.22. The molecule has 1 aliphatic rings. The minimum absolute atomic E-state index is 0.0493. The number of carbonyl (C=O) groups is 1. The van der Waals surface area contributed by atoms with E-state index in [-0.39, 0.29) is 12.5 Å². The van der Waals surface area contributed by atoms with Gasteiger partial charge in [0.1, 0.15) is 17.6 Å². The predicted octanol–water partition coefficient (Wildman–Crippen LogP) is 2.71. The Morgan fingerprint density at radius 3 is 2.92 bits per heavy atom. The quantitative estimate of drug-likeness (QED) is 0.768. The van der Waals surface area contributed by atoms with Crippen LogP contribution >= 0.6 is 11.3 Å². The lowest BCUT2D eigenvalue weighted by atomic mass is 10.1. The van der Waals surface area contributed by atoms with Gasteiger partial charge in [0, 0.05) is 10.4 Å². The molecule has 0 atom stereocenters. The predicted molar refractivity (Wildman–Crippen MR) is 97.7 cm³/mol. The van der Waals surface area contributed by atoms with Crippen LogP contribution in [0.4, 0.5) is 5.00 Å². The highest BCUT2D eigenvalue weighted by Crippen LogP contribution is 2.38. The van der Waals surface area contributed by atoms with E-state index in [1.807, 2.05) is 31.2 Å². The minimum atomic E-state index is -0.269. The molecular weight excluding hydrogens is 348 g/mol. The molecule has 0 radical (unpaired) electrons. The van der Waals surface area contributed by atoms with Crippen molar-refractivity contribution in [2.24, 2.45) is 0 Å². The number of tetrazole rings is 1. The topological polar surface area (TPSA) is 96.5 Å². The van der Waals surface area contributed by atoms with Crippen LogP contribution in [0.5, 0.6) is 0 Å². The van der Waals surface area contributed by atoms with E-state index in [4.69, 9.17) is 0 Å². The Morgan fingerprint density at radius 1 is 1.35 bits per heavy atom. The number of nitriles is 1. The lowest BCUT2D eigenvalue weighted by Crippen LogP contribution is -2.20. The number of fused-ring (bicyclic) bond motifs is 1. The first-order chi connectivity index (χ1) is 12.6. The van der Waals surface area contributed by atoms with Gasteiger partial charge in [-0.2, -0.15) is 10.1 Å². The molecule has 0 spiro atoms. The van der Waals surface area contributed by atoms with Crippen LogP contribution in [-0.2, 0) is 24.2 Å². The Morgan fingerprint density at radius 2 is 2.15 bits per heavy atom. The van der Waals surface area contributed by atoms with Gasteiger partial charge >= 0.3 is 0 Å². The Labute approximate surface area is 154 Å². The summed E-state index contributed by atoms with van der Waals surface area (Å²) < 4.78 is 0. The zero-order valence-electron chi connectivity index (χ0n) is 14.2. The molecule has 0 aliphatic heterocycles. The molecule has 7 nitrogen and oxygen atoms in total. The van der Waals surface area contributed by atoms with E-state index in [0.29, 0.717) is 16.4 Å². The molecule has 26 heavy (non-hydrogen) atoms. The van der Waals surface area contributed by atoms with Crippen LogP contribution in [0.15, 0.2) is 24.3 Å². The number of aryl methyl sites for hydroxylation is 2. The maximum Gasteiger partial charge on any atom is 0.248 e. The van der Waals surface area contributed by atoms with Crippen molar-refractivity contribution in [2.75, 3.05) is 5.32 Å². The normalized spacial score (nSPS) is 12.6. The lowest BCUT2D eigenvalue weighted by molar-refractivity contribution is -0.117. The Balaban J connectivity index is 1.46. The molecule has 8 heteroatoms. The number of anilines is 1. The van der Waals surface area contributed by atoms with Crippen LogP contribution in [0.2, 0.25) is 0 Å². The largest absolute Gasteiger partial charge is 0.315 e. The molecule has 4 rings (SSSR count). The van der Waals surface area contributed by atoms with Gasteiger partial charge in [0.05, 0.1) is 5.56 Å². The Hall–Kier alpha value is -3.05. The number of hydrogen-bond donors (Lipinski definition) is 1. The van der Waals surface area contributed by atoms with E-state index in [1.165, 1.54) is 21.0 Å². The highest BCUT2D eigenvalue weighted by molar-refractivity contribution is 7.16. The van der Waals surface area contributed by atoms with Crippen molar-refractivity contribution in [2.45, 2.75) is 32.7 Å². The second-order valence-corrected chi connectivity index (χ2v) is 7.34. The summed E-state index contributed by atoms with van der Waals surface area (Å²) in [5, 5.41) is 25.0. The van der Waals surface area contributed by atoms with Gasteiger partial charge in [-0.3, -0.25) is 4.79 Å². The van der Waals surface area contributed by atoms with Crippen LogP contribution in [0, 0.1) is 18.3 Å². The fourth-order valence-corrected chi connectivity index (χ4v) is 4.29. The van der Waals surface area contributed by atoms with Crippen LogP contribution in [0.1, 0.15) is 28.0 Å². The van der Waals surface area contributed by atoms with Crippen molar-refractivity contribution in [3.05, 3.63) is 45.8 Å². The molecule has 0 unspecified atom stereocenters. The Bertz CT molecular complexity index is 1010. The molecule has 0 saturated heterocycles. The zero-order valence-corrected chi connectivity index (χ0v) is 15.0. The summed E-state index contributed by atoms with van der Waals surface area (Å²) in [4.78, 5) is 14.8. The van der Waals surface area contributed by atoms with Gasteiger partial charge in [-0.15, -0.1) is 21.5 Å². The molecule has 130 valence electrons. The molecule has 2 heterocycles. The number of thiophene rings is 1. The van der Waals surface area contributed by atoms with Crippen molar-refractivity contribution in [1.82, 2.24) is 20.2 Å². The van der Waals surface area contributed by atoms with Gasteiger partial charge in [-0.1, -0.05) is 29.8 Å². The lowest BCUT2D eigenvalue weighted by Gasteiger charge is -2.03. The number of rotatable bonds is 4. The zero-order chi connectivity index (χ0) is 18.1.